The molecular formula is C14H21NO3S. The summed E-state index contributed by atoms with van der Waals surface area (Å²) in [7, 11) is 0. The van der Waals surface area contributed by atoms with Gasteiger partial charge in [-0.15, -0.1) is 0 Å². The highest BCUT2D eigenvalue weighted by molar-refractivity contribution is 7.98. The first-order valence-electron chi connectivity index (χ1n) is 6.72. The average molecular weight is 283 g/mol. The Bertz CT molecular complexity index is 396. The number of nitrogens with one attached hydrogen (secondary N) is 1. The van der Waals surface area contributed by atoms with Crippen molar-refractivity contribution < 1.29 is 14.7 Å². The van der Waals surface area contributed by atoms with Crippen molar-refractivity contribution in [2.45, 2.75) is 13.3 Å². The van der Waals surface area contributed by atoms with Crippen molar-refractivity contribution in [2.75, 3.05) is 18.6 Å². The van der Waals surface area contributed by atoms with Gasteiger partial charge in [-0.3, -0.25) is 9.59 Å². The normalized spacial score (nSPS) is 33.4. The quantitative estimate of drug-likeness (QED) is 0.727. The third kappa shape index (κ3) is 2.96. The maximum Gasteiger partial charge on any atom is 0.307 e. The number of carboxylic acid groups (broad SMARTS) is 1. The molecule has 5 heteroatoms. The summed E-state index contributed by atoms with van der Waals surface area (Å²) in [6.07, 6.45) is 6.83. The van der Waals surface area contributed by atoms with Gasteiger partial charge < -0.3 is 10.4 Å². The lowest BCUT2D eigenvalue weighted by molar-refractivity contribution is -0.147. The Morgan fingerprint density at radius 1 is 1.37 bits per heavy atom. The summed E-state index contributed by atoms with van der Waals surface area (Å²) < 4.78 is 0. The first-order valence-corrected chi connectivity index (χ1v) is 8.11. The van der Waals surface area contributed by atoms with Crippen LogP contribution in [0.3, 0.4) is 0 Å². The van der Waals surface area contributed by atoms with Crippen LogP contribution in [0, 0.1) is 29.6 Å². The number of carbonyl (C=O) groups excluding carboxylic acids is 1. The first kappa shape index (κ1) is 14.4. The van der Waals surface area contributed by atoms with Crippen LogP contribution in [0.5, 0.6) is 0 Å². The zero-order valence-electron chi connectivity index (χ0n) is 11.3. The molecule has 0 heterocycles. The number of carbonyl (C=O) groups is 2. The summed E-state index contributed by atoms with van der Waals surface area (Å²) in [6.45, 7) is 2.72. The number of thioether (sulfide) groups is 1. The van der Waals surface area contributed by atoms with E-state index in [4.69, 9.17) is 0 Å². The second-order valence-corrected chi connectivity index (χ2v) is 6.55. The molecular weight excluding hydrogens is 262 g/mol. The number of aliphatic carboxylic acids is 1. The minimum Gasteiger partial charge on any atom is -0.481 e. The molecule has 2 rings (SSSR count). The van der Waals surface area contributed by atoms with Crippen LogP contribution in [0.2, 0.25) is 0 Å². The number of allylic oxidation sites excluding steroid dienone is 2. The van der Waals surface area contributed by atoms with Gasteiger partial charge in [-0.1, -0.05) is 19.1 Å². The molecule has 5 atom stereocenters. The van der Waals surface area contributed by atoms with E-state index in [0.717, 1.165) is 12.2 Å². The number of hydrogen-bond acceptors (Lipinski definition) is 3. The maximum absolute atomic E-state index is 12.2. The molecule has 2 aliphatic rings. The molecule has 0 spiro atoms. The smallest absolute Gasteiger partial charge is 0.307 e. The molecule has 0 saturated heterocycles. The van der Waals surface area contributed by atoms with Crippen LogP contribution in [-0.4, -0.2) is 35.5 Å². The lowest BCUT2D eigenvalue weighted by Gasteiger charge is -2.24. The minimum atomic E-state index is -0.839. The van der Waals surface area contributed by atoms with Crippen LogP contribution in [0.25, 0.3) is 0 Å². The lowest BCUT2D eigenvalue weighted by Crippen LogP contribution is -2.41. The van der Waals surface area contributed by atoms with Crippen molar-refractivity contribution in [1.82, 2.24) is 5.32 Å². The number of amides is 1. The highest BCUT2D eigenvalue weighted by Gasteiger charge is 2.51. The largest absolute Gasteiger partial charge is 0.481 e. The molecule has 1 saturated carbocycles. The van der Waals surface area contributed by atoms with E-state index >= 15 is 0 Å². The predicted octanol–water partition coefficient (Wildman–Crippen LogP) is 1.62. The summed E-state index contributed by atoms with van der Waals surface area (Å²) in [6, 6.07) is 0. The molecule has 0 aromatic rings. The van der Waals surface area contributed by atoms with E-state index in [1.54, 1.807) is 11.8 Å². The van der Waals surface area contributed by atoms with Gasteiger partial charge in [0.1, 0.15) is 0 Å². The van der Waals surface area contributed by atoms with Crippen molar-refractivity contribution in [1.29, 1.82) is 0 Å². The molecule has 19 heavy (non-hydrogen) atoms. The Morgan fingerprint density at radius 3 is 2.58 bits per heavy atom. The molecule has 0 radical (unpaired) electrons. The van der Waals surface area contributed by atoms with Gasteiger partial charge in [0.25, 0.3) is 0 Å². The molecule has 2 N–H and O–H groups in total. The lowest BCUT2D eigenvalue weighted by atomic mass is 9.82. The van der Waals surface area contributed by atoms with Crippen LogP contribution >= 0.6 is 11.8 Å². The fraction of sp³-hybridized carbons (Fsp3) is 0.714. The number of hydrogen-bond donors (Lipinski definition) is 2. The Kier molecular flexibility index (Phi) is 4.55. The van der Waals surface area contributed by atoms with Gasteiger partial charge >= 0.3 is 5.97 Å². The molecule has 0 aliphatic heterocycles. The zero-order chi connectivity index (χ0) is 14.0. The first-order chi connectivity index (χ1) is 9.04. The van der Waals surface area contributed by atoms with Crippen LogP contribution in [-0.2, 0) is 9.59 Å². The van der Waals surface area contributed by atoms with Gasteiger partial charge in [0.2, 0.25) is 5.91 Å². The van der Waals surface area contributed by atoms with Crippen LogP contribution in [0.4, 0.5) is 0 Å². The van der Waals surface area contributed by atoms with Crippen LogP contribution in [0.15, 0.2) is 12.2 Å². The summed E-state index contributed by atoms with van der Waals surface area (Å²) in [5.41, 5.74) is 0. The van der Waals surface area contributed by atoms with E-state index in [9.17, 15) is 14.7 Å². The molecule has 0 aromatic heterocycles. The van der Waals surface area contributed by atoms with E-state index in [-0.39, 0.29) is 23.7 Å². The third-order valence-corrected chi connectivity index (χ3v) is 5.03. The Hall–Kier alpha value is -0.970. The van der Waals surface area contributed by atoms with Gasteiger partial charge in [0.15, 0.2) is 0 Å². The van der Waals surface area contributed by atoms with Crippen LogP contribution in [0.1, 0.15) is 13.3 Å². The van der Waals surface area contributed by atoms with Crippen molar-refractivity contribution in [3.8, 4) is 0 Å². The molecule has 0 aromatic carbocycles. The minimum absolute atomic E-state index is 0.0434. The predicted molar refractivity (Wildman–Crippen MR) is 75.9 cm³/mol. The molecule has 106 valence electrons. The fourth-order valence-corrected chi connectivity index (χ4v) is 3.94. The SMILES string of the molecule is CSCC(C)CNC(=O)C1C2C=CC(C2)C1C(=O)O. The number of fused-ring (bicyclic) bond motifs is 2. The van der Waals surface area contributed by atoms with E-state index in [0.29, 0.717) is 12.5 Å². The fourth-order valence-electron chi connectivity index (χ4n) is 3.25. The molecule has 1 fully saturated rings. The topological polar surface area (TPSA) is 66.4 Å². The van der Waals surface area contributed by atoms with Gasteiger partial charge in [-0.05, 0) is 36.2 Å². The summed E-state index contributed by atoms with van der Waals surface area (Å²) in [5, 5.41) is 12.2. The van der Waals surface area contributed by atoms with Crippen molar-refractivity contribution >= 4 is 23.6 Å². The van der Waals surface area contributed by atoms with E-state index in [1.807, 2.05) is 18.4 Å². The van der Waals surface area contributed by atoms with Crippen molar-refractivity contribution in [2.24, 2.45) is 29.6 Å². The number of rotatable bonds is 6. The van der Waals surface area contributed by atoms with Crippen LogP contribution < -0.4 is 5.32 Å². The standard InChI is InChI=1S/C14H21NO3S/c1-8(7-19-2)6-15-13(16)11-9-3-4-10(5-9)12(11)14(17)18/h3-4,8-12H,5-7H2,1-2H3,(H,15,16)(H,17,18). The molecule has 1 amide bonds. The van der Waals surface area contributed by atoms with Crippen molar-refractivity contribution in [3.05, 3.63) is 12.2 Å². The second-order valence-electron chi connectivity index (χ2n) is 5.64. The van der Waals surface area contributed by atoms with Gasteiger partial charge in [-0.2, -0.15) is 11.8 Å². The molecule has 4 nitrogen and oxygen atoms in total. The van der Waals surface area contributed by atoms with Gasteiger partial charge in [0.05, 0.1) is 11.8 Å². The maximum atomic E-state index is 12.2. The van der Waals surface area contributed by atoms with Gasteiger partial charge in [-0.25, -0.2) is 0 Å². The summed E-state index contributed by atoms with van der Waals surface area (Å²) in [5.74, 6) is -0.273. The zero-order valence-corrected chi connectivity index (χ0v) is 12.2. The number of carboxylic acids is 1. The Labute approximate surface area is 118 Å². The third-order valence-electron chi connectivity index (χ3n) is 4.12. The summed E-state index contributed by atoms with van der Waals surface area (Å²) in [4.78, 5) is 23.6. The second kappa shape index (κ2) is 5.99. The van der Waals surface area contributed by atoms with E-state index < -0.39 is 11.9 Å². The Morgan fingerprint density at radius 2 is 2.00 bits per heavy atom. The average Bonchev–Trinajstić information content (AvgIpc) is 2.96. The molecule has 2 aliphatic carbocycles. The highest BCUT2D eigenvalue weighted by atomic mass is 32.2. The van der Waals surface area contributed by atoms with Crippen molar-refractivity contribution in [3.63, 3.8) is 0 Å². The monoisotopic (exact) mass is 283 g/mol. The molecule has 5 unspecified atom stereocenters. The summed E-state index contributed by atoms with van der Waals surface area (Å²) >= 11 is 1.75. The highest BCUT2D eigenvalue weighted by Crippen LogP contribution is 2.48. The van der Waals surface area contributed by atoms with E-state index in [2.05, 4.69) is 12.2 Å². The van der Waals surface area contributed by atoms with Gasteiger partial charge in [0, 0.05) is 6.54 Å². The van der Waals surface area contributed by atoms with E-state index in [1.165, 1.54) is 0 Å². The Balaban J connectivity index is 1.95. The molecule has 2 bridgehead atoms.